The van der Waals surface area contributed by atoms with Gasteiger partial charge < -0.3 is 19.8 Å². The Morgan fingerprint density at radius 3 is 2.84 bits per heavy atom. The lowest BCUT2D eigenvalue weighted by molar-refractivity contribution is -0.113. The number of thioether (sulfide) groups is 1. The summed E-state index contributed by atoms with van der Waals surface area (Å²) < 4.78 is 12.2. The number of amides is 1. The fourth-order valence-electron chi connectivity index (χ4n) is 3.15. The van der Waals surface area contributed by atoms with Gasteiger partial charge in [0, 0.05) is 11.8 Å². The monoisotopic (exact) mass is 435 g/mol. The third kappa shape index (κ3) is 3.84. The van der Waals surface area contributed by atoms with Crippen molar-refractivity contribution >= 4 is 34.4 Å². The van der Waals surface area contributed by atoms with Gasteiger partial charge in [0.25, 0.3) is 5.56 Å². The van der Waals surface area contributed by atoms with Crippen LogP contribution in [-0.4, -0.2) is 38.2 Å². The van der Waals surface area contributed by atoms with Crippen LogP contribution in [0.4, 0.5) is 5.69 Å². The van der Waals surface area contributed by atoms with Crippen LogP contribution in [0, 0.1) is 6.92 Å². The highest BCUT2D eigenvalue weighted by Gasteiger charge is 2.15. The molecule has 9 nitrogen and oxygen atoms in total. The van der Waals surface area contributed by atoms with E-state index in [-0.39, 0.29) is 24.0 Å². The minimum Gasteiger partial charge on any atom is -0.454 e. The summed E-state index contributed by atoms with van der Waals surface area (Å²) in [6, 6.07) is 12.9. The number of aromatic nitrogens is 4. The van der Waals surface area contributed by atoms with Crippen LogP contribution in [-0.2, 0) is 4.79 Å². The molecule has 0 unspecified atom stereocenters. The van der Waals surface area contributed by atoms with E-state index in [0.29, 0.717) is 33.4 Å². The van der Waals surface area contributed by atoms with E-state index in [1.165, 1.54) is 6.20 Å². The summed E-state index contributed by atoms with van der Waals surface area (Å²) in [5, 5.41) is 7.82. The fourth-order valence-corrected chi connectivity index (χ4v) is 3.80. The highest BCUT2D eigenvalue weighted by atomic mass is 32.2. The Morgan fingerprint density at radius 2 is 2.00 bits per heavy atom. The number of benzene rings is 2. The van der Waals surface area contributed by atoms with Gasteiger partial charge in [-0.05, 0) is 31.2 Å². The second-order valence-electron chi connectivity index (χ2n) is 6.91. The molecule has 0 saturated carbocycles. The summed E-state index contributed by atoms with van der Waals surface area (Å²) >= 11 is 1.14. The van der Waals surface area contributed by atoms with Gasteiger partial charge in [-0.1, -0.05) is 29.5 Å². The lowest BCUT2D eigenvalue weighted by Crippen LogP contribution is -2.15. The van der Waals surface area contributed by atoms with Gasteiger partial charge in [-0.25, -0.2) is 9.67 Å². The molecule has 5 rings (SSSR count). The summed E-state index contributed by atoms with van der Waals surface area (Å²) in [5.74, 6) is 1.07. The second kappa shape index (κ2) is 7.80. The summed E-state index contributed by atoms with van der Waals surface area (Å²) in [4.78, 5) is 32.0. The Bertz CT molecular complexity index is 1350. The van der Waals surface area contributed by atoms with Crippen LogP contribution in [0.25, 0.3) is 16.7 Å². The maximum absolute atomic E-state index is 12.5. The maximum Gasteiger partial charge on any atom is 0.262 e. The van der Waals surface area contributed by atoms with E-state index >= 15 is 0 Å². The van der Waals surface area contributed by atoms with Gasteiger partial charge in [-0.2, -0.15) is 5.10 Å². The number of hydrogen-bond donors (Lipinski definition) is 2. The molecule has 0 bridgehead atoms. The van der Waals surface area contributed by atoms with E-state index in [4.69, 9.17) is 9.47 Å². The predicted molar refractivity (Wildman–Crippen MR) is 116 cm³/mol. The lowest BCUT2D eigenvalue weighted by Gasteiger charge is -2.07. The first-order valence-corrected chi connectivity index (χ1v) is 10.4. The summed E-state index contributed by atoms with van der Waals surface area (Å²) in [6.45, 7) is 2.17. The first-order valence-electron chi connectivity index (χ1n) is 9.44. The molecular weight excluding hydrogens is 418 g/mol. The maximum atomic E-state index is 12.5. The molecule has 2 N–H and O–H groups in total. The molecule has 0 atom stereocenters. The Morgan fingerprint density at radius 1 is 1.19 bits per heavy atom. The Labute approximate surface area is 180 Å². The van der Waals surface area contributed by atoms with Gasteiger partial charge in [0.15, 0.2) is 22.3 Å². The number of aryl methyl sites for hydroxylation is 1. The van der Waals surface area contributed by atoms with E-state index in [2.05, 4.69) is 20.4 Å². The molecule has 0 saturated heterocycles. The average molecular weight is 435 g/mol. The van der Waals surface area contributed by atoms with E-state index < -0.39 is 0 Å². The molecule has 0 fully saturated rings. The van der Waals surface area contributed by atoms with Gasteiger partial charge in [0.2, 0.25) is 12.7 Å². The molecule has 2 aromatic heterocycles. The van der Waals surface area contributed by atoms with Crippen molar-refractivity contribution in [2.75, 3.05) is 17.9 Å². The number of rotatable bonds is 5. The van der Waals surface area contributed by atoms with E-state index in [1.54, 1.807) is 22.9 Å². The van der Waals surface area contributed by atoms with Crippen molar-refractivity contribution in [3.8, 4) is 17.2 Å². The molecule has 3 heterocycles. The molecule has 1 aliphatic rings. The lowest BCUT2D eigenvalue weighted by atomic mass is 10.2. The van der Waals surface area contributed by atoms with Crippen LogP contribution in [0.3, 0.4) is 0 Å². The van der Waals surface area contributed by atoms with Gasteiger partial charge in [0.1, 0.15) is 5.39 Å². The molecule has 31 heavy (non-hydrogen) atoms. The van der Waals surface area contributed by atoms with Crippen molar-refractivity contribution in [2.45, 2.75) is 12.1 Å². The highest BCUT2D eigenvalue weighted by molar-refractivity contribution is 7.99. The zero-order valence-electron chi connectivity index (χ0n) is 16.4. The fraction of sp³-hybridized carbons (Fsp3) is 0.143. The number of carbonyl (C=O) groups is 1. The van der Waals surface area contributed by atoms with Gasteiger partial charge in [0.05, 0.1) is 17.6 Å². The summed E-state index contributed by atoms with van der Waals surface area (Å²) in [6.07, 6.45) is 1.49. The number of H-pyrrole nitrogens is 1. The number of fused-ring (bicyclic) bond motifs is 2. The van der Waals surface area contributed by atoms with E-state index in [0.717, 1.165) is 23.0 Å². The SMILES string of the molecule is Cc1ccc(-n2ncc3c(=O)[nH]c(SCC(=O)Nc4ccc5c(c4)OCO5)nc32)cc1. The Hall–Kier alpha value is -3.79. The van der Waals surface area contributed by atoms with E-state index in [1.807, 2.05) is 31.2 Å². The normalized spacial score (nSPS) is 12.3. The molecule has 1 amide bonds. The van der Waals surface area contributed by atoms with Gasteiger partial charge >= 0.3 is 0 Å². The van der Waals surface area contributed by atoms with Gasteiger partial charge in [-0.15, -0.1) is 0 Å². The van der Waals surface area contributed by atoms with Crippen LogP contribution in [0.2, 0.25) is 0 Å². The molecular formula is C21H17N5O4S. The van der Waals surface area contributed by atoms with Crippen molar-refractivity contribution in [1.82, 2.24) is 19.7 Å². The third-order valence-electron chi connectivity index (χ3n) is 4.69. The summed E-state index contributed by atoms with van der Waals surface area (Å²) in [5.41, 5.74) is 2.66. The molecule has 4 aromatic rings. The molecule has 0 radical (unpaired) electrons. The smallest absolute Gasteiger partial charge is 0.262 e. The molecule has 2 aromatic carbocycles. The van der Waals surface area contributed by atoms with Crippen molar-refractivity contribution in [2.24, 2.45) is 0 Å². The van der Waals surface area contributed by atoms with Crippen LogP contribution in [0.1, 0.15) is 5.56 Å². The number of ether oxygens (including phenoxy) is 2. The first kappa shape index (κ1) is 19.2. The number of hydrogen-bond acceptors (Lipinski definition) is 7. The zero-order chi connectivity index (χ0) is 21.4. The number of nitrogens with zero attached hydrogens (tertiary/aromatic N) is 3. The molecule has 1 aliphatic heterocycles. The van der Waals surface area contributed by atoms with Crippen LogP contribution >= 0.6 is 11.8 Å². The number of nitrogens with one attached hydrogen (secondary N) is 2. The van der Waals surface area contributed by atoms with Crippen molar-refractivity contribution in [3.05, 3.63) is 64.6 Å². The van der Waals surface area contributed by atoms with Gasteiger partial charge in [-0.3, -0.25) is 9.59 Å². The molecule has 156 valence electrons. The number of aromatic amines is 1. The largest absolute Gasteiger partial charge is 0.454 e. The third-order valence-corrected chi connectivity index (χ3v) is 5.56. The predicted octanol–water partition coefficient (Wildman–Crippen LogP) is 2.88. The standard InChI is InChI=1S/C21H17N5O4S/c1-12-2-5-14(6-3-12)26-19-15(9-22-26)20(28)25-21(24-19)31-10-18(27)23-13-4-7-16-17(8-13)30-11-29-16/h2-9H,10-11H2,1H3,(H,23,27)(H,24,25,28). The minimum atomic E-state index is -0.304. The van der Waals surface area contributed by atoms with Crippen molar-refractivity contribution in [1.29, 1.82) is 0 Å². The molecule has 10 heteroatoms. The highest BCUT2D eigenvalue weighted by Crippen LogP contribution is 2.34. The minimum absolute atomic E-state index is 0.0710. The molecule has 0 aliphatic carbocycles. The number of anilines is 1. The topological polar surface area (TPSA) is 111 Å². The molecule has 0 spiro atoms. The van der Waals surface area contributed by atoms with Crippen molar-refractivity contribution in [3.63, 3.8) is 0 Å². The van der Waals surface area contributed by atoms with Crippen LogP contribution in [0.5, 0.6) is 11.5 Å². The number of carbonyl (C=O) groups excluding carboxylic acids is 1. The second-order valence-corrected chi connectivity index (χ2v) is 7.87. The quantitative estimate of drug-likeness (QED) is 0.366. The Balaban J connectivity index is 1.33. The zero-order valence-corrected chi connectivity index (χ0v) is 17.2. The first-order chi connectivity index (χ1) is 15.1. The van der Waals surface area contributed by atoms with Crippen LogP contribution < -0.4 is 20.3 Å². The van der Waals surface area contributed by atoms with Crippen molar-refractivity contribution < 1.29 is 14.3 Å². The average Bonchev–Trinajstić information content (AvgIpc) is 3.40. The Kier molecular flexibility index (Phi) is 4.83. The summed E-state index contributed by atoms with van der Waals surface area (Å²) in [7, 11) is 0. The van der Waals surface area contributed by atoms with Crippen LogP contribution in [0.15, 0.2) is 58.6 Å². The van der Waals surface area contributed by atoms with E-state index in [9.17, 15) is 9.59 Å².